The molecule has 0 N–H and O–H groups in total. The molecule has 0 aliphatic heterocycles. The molecule has 4 heteroatoms. The van der Waals surface area contributed by atoms with Crippen LogP contribution in [0.3, 0.4) is 0 Å². The fourth-order valence-electron chi connectivity index (χ4n) is 3.41. The van der Waals surface area contributed by atoms with Gasteiger partial charge < -0.3 is 0 Å². The van der Waals surface area contributed by atoms with Crippen LogP contribution in [0.25, 0.3) is 21.5 Å². The number of aryl methyl sites for hydroxylation is 2. The Hall–Kier alpha value is -1.13. The van der Waals surface area contributed by atoms with Gasteiger partial charge in [0.05, 0.1) is 0 Å². The zero-order valence-electron chi connectivity index (χ0n) is 18.1. The van der Waals surface area contributed by atoms with Crippen molar-refractivity contribution in [3.8, 4) is 0 Å². The average molecular weight is 673 g/mol. The molecule has 0 aliphatic carbocycles. The van der Waals surface area contributed by atoms with Gasteiger partial charge in [0.15, 0.2) is 0 Å². The third-order valence-electron chi connectivity index (χ3n) is 5.01. The van der Waals surface area contributed by atoms with Crippen LogP contribution in [0.2, 0.25) is 5.76 Å². The van der Waals surface area contributed by atoms with Gasteiger partial charge in [-0.1, -0.05) is 26.0 Å². The van der Waals surface area contributed by atoms with Crippen LogP contribution >= 0.6 is 17.2 Å². The van der Waals surface area contributed by atoms with Gasteiger partial charge in [0.25, 0.3) is 0 Å². The van der Waals surface area contributed by atoms with Gasteiger partial charge in [-0.2, -0.15) is 12.1 Å². The molecule has 0 heterocycles. The summed E-state index contributed by atoms with van der Waals surface area (Å²) in [5.74, 6) is 2.28. The summed E-state index contributed by atoms with van der Waals surface area (Å²) >= 11 is -2.03. The summed E-state index contributed by atoms with van der Waals surface area (Å²) in [7, 11) is 10.9. The predicted molar refractivity (Wildman–Crippen MR) is 138 cm³/mol. The third kappa shape index (κ3) is 7.46. The van der Waals surface area contributed by atoms with Crippen molar-refractivity contribution in [1.29, 1.82) is 0 Å². The van der Waals surface area contributed by atoms with E-state index in [1.54, 1.807) is 0 Å². The number of hydrogen-bond donors (Lipinski definition) is 0. The molecule has 0 unspecified atom stereocenters. The molecule has 0 aromatic heterocycles. The van der Waals surface area contributed by atoms with E-state index in [4.69, 9.17) is 17.2 Å². The number of benzene rings is 3. The minimum absolute atomic E-state index is 1.15. The first kappa shape index (κ1) is 24.5. The first-order chi connectivity index (χ1) is 14.9. The van der Waals surface area contributed by atoms with E-state index in [0.717, 1.165) is 0 Å². The second-order valence-corrected chi connectivity index (χ2v) is 54.5. The van der Waals surface area contributed by atoms with E-state index in [1.165, 1.54) is 37.1 Å². The maximum atomic E-state index is 6.02. The van der Waals surface area contributed by atoms with E-state index in [0.29, 0.717) is 0 Å². The molecule has 5 rings (SSSR count). The van der Waals surface area contributed by atoms with Crippen molar-refractivity contribution in [3.05, 3.63) is 114 Å². The molecule has 0 nitrogen and oxygen atoms in total. The summed E-state index contributed by atoms with van der Waals surface area (Å²) in [5, 5.41) is 5.39. The molecule has 0 radical (unpaired) electrons. The van der Waals surface area contributed by atoms with Gasteiger partial charge in [-0.3, -0.25) is 0 Å². The SMILES string of the molecule is Cc1cc2ccccc2[cH-]1.Cc1cc2ccccc2[cH-]1.[CH3][Ge]([c]1ccccc1)=[Hf]([Cl])[Cl]. The predicted octanol–water partition coefficient (Wildman–Crippen LogP) is 8.17. The summed E-state index contributed by atoms with van der Waals surface area (Å²) in [4.78, 5) is 0. The van der Waals surface area contributed by atoms with Gasteiger partial charge in [-0.25, -0.2) is 0 Å². The van der Waals surface area contributed by atoms with Gasteiger partial charge in [-0.05, 0) is 0 Å². The molecule has 0 bridgehead atoms. The van der Waals surface area contributed by atoms with E-state index < -0.39 is 26.0 Å². The molecule has 0 spiro atoms. The summed E-state index contributed by atoms with van der Waals surface area (Å²) < 4.78 is 1.44. The van der Waals surface area contributed by atoms with Crippen LogP contribution in [-0.4, -0.2) is 10.1 Å². The van der Waals surface area contributed by atoms with Gasteiger partial charge in [-0.15, -0.1) is 81.2 Å². The standard InChI is InChI=1S/2C10H9.C7H8Ge.2ClH.Hf/c2*1-8-6-9-4-2-3-5-10(9)7-8;1-8-7-5-3-2-4-6-7;;;/h2*2-7H,1H3;2-6H,1H3;2*1H;/q2*-1;;;;+2/p-2. The summed E-state index contributed by atoms with van der Waals surface area (Å²) in [5.41, 5.74) is 2.70. The van der Waals surface area contributed by atoms with Crippen molar-refractivity contribution < 1.29 is 16.0 Å². The molecular formula is C27H26Cl2GeHf-2. The Morgan fingerprint density at radius 3 is 1.48 bits per heavy atom. The molecule has 0 saturated heterocycles. The fourth-order valence-corrected chi connectivity index (χ4v) is 21.8. The Morgan fingerprint density at radius 2 is 1.06 bits per heavy atom. The van der Waals surface area contributed by atoms with Crippen molar-refractivity contribution >= 4 is 53.2 Å². The van der Waals surface area contributed by atoms with Crippen molar-refractivity contribution in [2.45, 2.75) is 19.6 Å². The Labute approximate surface area is 201 Å². The Morgan fingerprint density at radius 1 is 0.645 bits per heavy atom. The molecule has 158 valence electrons. The Bertz CT molecular complexity index is 1140. The molecule has 0 amide bonds. The number of halogens is 2. The van der Waals surface area contributed by atoms with E-state index in [2.05, 4.69) is 117 Å². The normalized spacial score (nSPS) is 10.1. The zero-order valence-corrected chi connectivity index (χ0v) is 25.3. The molecule has 0 aliphatic rings. The topological polar surface area (TPSA) is 0 Å². The molecule has 31 heavy (non-hydrogen) atoms. The van der Waals surface area contributed by atoms with Crippen LogP contribution in [0, 0.1) is 13.8 Å². The van der Waals surface area contributed by atoms with Gasteiger partial charge >= 0.3 is 83.7 Å². The monoisotopic (exact) mass is 674 g/mol. The van der Waals surface area contributed by atoms with E-state index in [9.17, 15) is 0 Å². The second-order valence-electron chi connectivity index (χ2n) is 7.57. The summed E-state index contributed by atoms with van der Waals surface area (Å²) in [6.07, 6.45) is 0. The molecule has 0 saturated carbocycles. The van der Waals surface area contributed by atoms with E-state index in [-0.39, 0.29) is 0 Å². The molecule has 0 fully saturated rings. The quantitative estimate of drug-likeness (QED) is 0.125. The first-order valence-electron chi connectivity index (χ1n) is 10.3. The number of fused-ring (bicyclic) bond motifs is 2. The zero-order chi connectivity index (χ0) is 22.2. The van der Waals surface area contributed by atoms with E-state index in [1.807, 2.05) is 6.07 Å². The van der Waals surface area contributed by atoms with Gasteiger partial charge in [0.1, 0.15) is 0 Å². The Balaban J connectivity index is 0.000000132. The Kier molecular flexibility index (Phi) is 9.65. The van der Waals surface area contributed by atoms with Crippen molar-refractivity contribution in [1.82, 2.24) is 0 Å². The summed E-state index contributed by atoms with van der Waals surface area (Å²) in [6, 6.07) is 36.1. The van der Waals surface area contributed by atoms with Crippen molar-refractivity contribution in [2.24, 2.45) is 0 Å². The summed E-state index contributed by atoms with van der Waals surface area (Å²) in [6.45, 7) is 4.25. The number of hydrogen-bond acceptors (Lipinski definition) is 0. The molecule has 5 aromatic carbocycles. The third-order valence-corrected chi connectivity index (χ3v) is 48.8. The maximum absolute atomic E-state index is 6.02. The average Bonchev–Trinajstić information content (AvgIpc) is 3.35. The van der Waals surface area contributed by atoms with Crippen LogP contribution in [0.1, 0.15) is 11.1 Å². The van der Waals surface area contributed by atoms with Crippen LogP contribution in [0.15, 0.2) is 103 Å². The molecular weight excluding hydrogens is 646 g/mol. The minimum atomic E-state index is -2.03. The molecule has 5 aromatic rings. The van der Waals surface area contributed by atoms with Crippen LogP contribution in [0.4, 0.5) is 0 Å². The van der Waals surface area contributed by atoms with Gasteiger partial charge in [0, 0.05) is 0 Å². The van der Waals surface area contributed by atoms with E-state index >= 15 is 0 Å². The van der Waals surface area contributed by atoms with Crippen molar-refractivity contribution in [2.75, 3.05) is 0 Å². The van der Waals surface area contributed by atoms with Crippen LogP contribution in [0.5, 0.6) is 0 Å². The molecule has 0 atom stereocenters. The van der Waals surface area contributed by atoms with Crippen molar-refractivity contribution in [3.63, 3.8) is 0 Å². The van der Waals surface area contributed by atoms with Crippen LogP contribution in [-0.2, 0) is 16.0 Å². The second kappa shape index (κ2) is 12.2. The fraction of sp³-hybridized carbons (Fsp3) is 0.111. The first-order valence-corrected chi connectivity index (χ1v) is 32.7. The van der Waals surface area contributed by atoms with Gasteiger partial charge in [0.2, 0.25) is 0 Å². The number of rotatable bonds is 1. The van der Waals surface area contributed by atoms with Crippen LogP contribution < -0.4 is 4.40 Å².